The molecule has 3 aromatic rings. The molecule has 0 atom stereocenters. The van der Waals surface area contributed by atoms with E-state index in [0.717, 1.165) is 18.9 Å². The van der Waals surface area contributed by atoms with Crippen molar-refractivity contribution in [1.82, 2.24) is 20.2 Å². The summed E-state index contributed by atoms with van der Waals surface area (Å²) in [6, 6.07) is 14.8. The normalized spacial score (nSPS) is 14.0. The fourth-order valence-electron chi connectivity index (χ4n) is 4.06. The van der Waals surface area contributed by atoms with Gasteiger partial charge in [0.1, 0.15) is 11.5 Å². The van der Waals surface area contributed by atoms with Crippen molar-refractivity contribution in [1.29, 1.82) is 0 Å². The van der Waals surface area contributed by atoms with Gasteiger partial charge in [0, 0.05) is 32.7 Å². The molecule has 1 saturated heterocycles. The van der Waals surface area contributed by atoms with Gasteiger partial charge < -0.3 is 15.1 Å². The summed E-state index contributed by atoms with van der Waals surface area (Å²) < 4.78 is 39.9. The van der Waals surface area contributed by atoms with Crippen molar-refractivity contribution >= 4 is 17.6 Å². The van der Waals surface area contributed by atoms with Crippen LogP contribution in [-0.2, 0) is 12.6 Å². The molecule has 4 rings (SSSR count). The number of hydrogen-bond donors (Lipinski definition) is 1. The molecule has 0 aliphatic carbocycles. The second kappa shape index (κ2) is 11.2. The molecule has 1 fully saturated rings. The third kappa shape index (κ3) is 6.18. The Morgan fingerprint density at radius 2 is 1.58 bits per heavy atom. The zero-order valence-electron chi connectivity index (χ0n) is 19.5. The fourth-order valence-corrected chi connectivity index (χ4v) is 4.06. The van der Waals surface area contributed by atoms with Gasteiger partial charge in [0.15, 0.2) is 0 Å². The third-order valence-electron chi connectivity index (χ3n) is 6.00. The van der Waals surface area contributed by atoms with E-state index in [1.165, 1.54) is 41.1 Å². The lowest BCUT2D eigenvalue weighted by Crippen LogP contribution is -2.49. The predicted octanol–water partition coefficient (Wildman–Crippen LogP) is 3.82. The average molecular weight is 498 g/mol. The van der Waals surface area contributed by atoms with Crippen molar-refractivity contribution in [3.63, 3.8) is 0 Å². The molecular formula is C26H26F3N5O2. The van der Waals surface area contributed by atoms with Crippen LogP contribution in [0.3, 0.4) is 0 Å². The molecule has 0 saturated carbocycles. The van der Waals surface area contributed by atoms with Crippen molar-refractivity contribution in [2.24, 2.45) is 0 Å². The van der Waals surface area contributed by atoms with E-state index in [0.29, 0.717) is 25.5 Å². The van der Waals surface area contributed by atoms with Crippen LogP contribution in [-0.4, -0.2) is 59.4 Å². The van der Waals surface area contributed by atoms with Gasteiger partial charge in [0.25, 0.3) is 11.8 Å². The van der Waals surface area contributed by atoms with Crippen LogP contribution < -0.4 is 10.2 Å². The first kappa shape index (κ1) is 25.2. The van der Waals surface area contributed by atoms with E-state index in [1.54, 1.807) is 0 Å². The molecule has 188 valence electrons. The number of benzene rings is 2. The van der Waals surface area contributed by atoms with Crippen LogP contribution in [0.4, 0.5) is 19.0 Å². The summed E-state index contributed by atoms with van der Waals surface area (Å²) in [5.74, 6) is -0.410. The van der Waals surface area contributed by atoms with Crippen LogP contribution in [0.2, 0.25) is 0 Å². The van der Waals surface area contributed by atoms with E-state index in [4.69, 9.17) is 0 Å². The minimum atomic E-state index is -4.60. The number of aromatic nitrogens is 2. The van der Waals surface area contributed by atoms with E-state index in [9.17, 15) is 22.8 Å². The quantitative estimate of drug-likeness (QED) is 0.502. The summed E-state index contributed by atoms with van der Waals surface area (Å²) in [4.78, 5) is 36.9. The molecule has 7 nitrogen and oxygen atoms in total. The molecule has 2 amide bonds. The molecule has 10 heteroatoms. The lowest BCUT2D eigenvalue weighted by atomic mass is 10.1. The fraction of sp³-hybridized carbons (Fsp3) is 0.308. The Bertz CT molecular complexity index is 1180. The van der Waals surface area contributed by atoms with Crippen LogP contribution in [0.5, 0.6) is 0 Å². The molecule has 1 aliphatic rings. The Morgan fingerprint density at radius 1 is 0.889 bits per heavy atom. The zero-order valence-corrected chi connectivity index (χ0v) is 19.5. The van der Waals surface area contributed by atoms with Gasteiger partial charge in [-0.1, -0.05) is 42.5 Å². The lowest BCUT2D eigenvalue weighted by Gasteiger charge is -2.35. The Kier molecular flexibility index (Phi) is 7.82. The summed E-state index contributed by atoms with van der Waals surface area (Å²) in [5, 5.41) is 2.84. The van der Waals surface area contributed by atoms with Crippen molar-refractivity contribution in [2.75, 3.05) is 37.6 Å². The highest BCUT2D eigenvalue weighted by Gasteiger charge is 2.36. The maximum Gasteiger partial charge on any atom is 0.417 e. The molecule has 0 unspecified atom stereocenters. The summed E-state index contributed by atoms with van der Waals surface area (Å²) in [5.41, 5.74) is 0.132. The molecule has 1 aromatic heterocycles. The third-order valence-corrected chi connectivity index (χ3v) is 6.00. The molecular weight excluding hydrogens is 471 g/mol. The molecule has 1 aliphatic heterocycles. The second-order valence-electron chi connectivity index (χ2n) is 8.43. The Morgan fingerprint density at radius 3 is 2.25 bits per heavy atom. The van der Waals surface area contributed by atoms with E-state index in [1.807, 2.05) is 35.2 Å². The van der Waals surface area contributed by atoms with E-state index >= 15 is 0 Å². The molecule has 0 spiro atoms. The highest BCUT2D eigenvalue weighted by Crippen LogP contribution is 2.32. The van der Waals surface area contributed by atoms with Crippen LogP contribution in [0.15, 0.2) is 67.0 Å². The van der Waals surface area contributed by atoms with Crippen LogP contribution in [0.1, 0.15) is 38.4 Å². The van der Waals surface area contributed by atoms with E-state index in [2.05, 4.69) is 15.3 Å². The van der Waals surface area contributed by atoms with Crippen molar-refractivity contribution in [3.05, 3.63) is 89.4 Å². The summed E-state index contributed by atoms with van der Waals surface area (Å²) >= 11 is 0. The number of anilines is 1. The summed E-state index contributed by atoms with van der Waals surface area (Å²) in [6.07, 6.45) is -0.0341. The number of carbonyl (C=O) groups excluding carboxylic acids is 2. The number of carbonyl (C=O) groups is 2. The number of nitrogens with zero attached hydrogens (tertiary/aromatic N) is 4. The van der Waals surface area contributed by atoms with Crippen molar-refractivity contribution in [3.8, 4) is 0 Å². The molecule has 0 bridgehead atoms. The van der Waals surface area contributed by atoms with Gasteiger partial charge in [-0.05, 0) is 30.5 Å². The SMILES string of the molecule is O=C(NCCCc1ccccc1)c1cnc(N2CCN(C(=O)c3ccccc3C(F)(F)F)CC2)cn1. The highest BCUT2D eigenvalue weighted by molar-refractivity contribution is 5.96. The van der Waals surface area contributed by atoms with Crippen LogP contribution in [0, 0.1) is 0 Å². The second-order valence-corrected chi connectivity index (χ2v) is 8.43. The number of halogens is 3. The first-order valence-corrected chi connectivity index (χ1v) is 11.7. The van der Waals surface area contributed by atoms with Gasteiger partial charge in [0.2, 0.25) is 0 Å². The predicted molar refractivity (Wildman–Crippen MR) is 129 cm³/mol. The Labute approximate surface area is 207 Å². The number of piperazine rings is 1. The Hall–Kier alpha value is -3.95. The van der Waals surface area contributed by atoms with Gasteiger partial charge in [0.05, 0.1) is 23.5 Å². The van der Waals surface area contributed by atoms with Gasteiger partial charge in [-0.15, -0.1) is 0 Å². The molecule has 1 N–H and O–H groups in total. The number of nitrogens with one attached hydrogen (secondary N) is 1. The summed E-state index contributed by atoms with van der Waals surface area (Å²) in [6.45, 7) is 1.79. The highest BCUT2D eigenvalue weighted by atomic mass is 19.4. The topological polar surface area (TPSA) is 78.4 Å². The molecule has 36 heavy (non-hydrogen) atoms. The maximum atomic E-state index is 13.3. The van der Waals surface area contributed by atoms with Gasteiger partial charge in [-0.25, -0.2) is 9.97 Å². The van der Waals surface area contributed by atoms with Crippen molar-refractivity contribution in [2.45, 2.75) is 19.0 Å². The van der Waals surface area contributed by atoms with Crippen LogP contribution in [0.25, 0.3) is 0 Å². The summed E-state index contributed by atoms with van der Waals surface area (Å²) in [7, 11) is 0. The number of alkyl halides is 3. The molecule has 0 radical (unpaired) electrons. The number of hydrogen-bond acceptors (Lipinski definition) is 5. The number of aryl methyl sites for hydroxylation is 1. The first-order valence-electron chi connectivity index (χ1n) is 11.7. The van der Waals surface area contributed by atoms with Gasteiger partial charge in [-0.3, -0.25) is 9.59 Å². The minimum Gasteiger partial charge on any atom is -0.352 e. The van der Waals surface area contributed by atoms with Gasteiger partial charge >= 0.3 is 6.18 Å². The zero-order chi connectivity index (χ0) is 25.5. The first-order chi connectivity index (χ1) is 17.3. The standard InChI is InChI=1S/C26H26F3N5O2/c27-26(28,29)21-11-5-4-10-20(21)25(36)34-15-13-33(14-16-34)23-18-31-22(17-32-23)24(35)30-12-6-9-19-7-2-1-3-8-19/h1-5,7-8,10-11,17-18H,6,9,12-16H2,(H,30,35). The van der Waals surface area contributed by atoms with Crippen LogP contribution >= 0.6 is 0 Å². The lowest BCUT2D eigenvalue weighted by molar-refractivity contribution is -0.138. The molecule has 2 heterocycles. The largest absolute Gasteiger partial charge is 0.417 e. The van der Waals surface area contributed by atoms with E-state index < -0.39 is 17.6 Å². The number of amides is 2. The number of rotatable bonds is 7. The Balaban J connectivity index is 1.27. The average Bonchev–Trinajstić information content (AvgIpc) is 2.91. The minimum absolute atomic E-state index is 0.205. The van der Waals surface area contributed by atoms with Gasteiger partial charge in [-0.2, -0.15) is 13.2 Å². The smallest absolute Gasteiger partial charge is 0.352 e. The van der Waals surface area contributed by atoms with E-state index in [-0.39, 0.29) is 30.3 Å². The monoisotopic (exact) mass is 497 g/mol. The van der Waals surface area contributed by atoms with Crippen molar-refractivity contribution < 1.29 is 22.8 Å². The molecule has 2 aromatic carbocycles. The maximum absolute atomic E-state index is 13.3.